The van der Waals surface area contributed by atoms with Crippen molar-refractivity contribution >= 4 is 11.0 Å². The summed E-state index contributed by atoms with van der Waals surface area (Å²) in [5.41, 5.74) is 0.880. The Morgan fingerprint density at radius 3 is 3.06 bits per heavy atom. The van der Waals surface area contributed by atoms with Crippen molar-refractivity contribution < 1.29 is 14.3 Å². The topological polar surface area (TPSA) is 45.8 Å². The number of hydrogen-bond donors (Lipinski definition) is 1. The number of methoxy groups -OCH3 is 1. The molecule has 0 aliphatic carbocycles. The molecule has 1 aromatic carbocycles. The normalized spacial score (nSPS) is 20.7. The Balaban J connectivity index is 1.80. The maximum absolute atomic E-state index is 9.50. The molecule has 2 aromatic rings. The van der Waals surface area contributed by atoms with E-state index in [1.165, 1.54) is 0 Å². The summed E-state index contributed by atoms with van der Waals surface area (Å²) >= 11 is 0. The van der Waals surface area contributed by atoms with Gasteiger partial charge in [-0.15, -0.1) is 0 Å². The van der Waals surface area contributed by atoms with Gasteiger partial charge < -0.3 is 14.3 Å². The van der Waals surface area contributed by atoms with Crippen LogP contribution in [0.2, 0.25) is 0 Å². The largest absolute Gasteiger partial charge is 0.497 e. The van der Waals surface area contributed by atoms with Gasteiger partial charge in [-0.2, -0.15) is 0 Å². The summed E-state index contributed by atoms with van der Waals surface area (Å²) in [6.45, 7) is 2.43. The average Bonchev–Trinajstić information content (AvgIpc) is 2.94. The van der Waals surface area contributed by atoms with Gasteiger partial charge in [-0.25, -0.2) is 0 Å². The first-order valence-corrected chi connectivity index (χ1v) is 6.21. The molecule has 4 heteroatoms. The van der Waals surface area contributed by atoms with E-state index >= 15 is 0 Å². The highest BCUT2D eigenvalue weighted by molar-refractivity contribution is 5.79. The highest BCUT2D eigenvalue weighted by Gasteiger charge is 2.21. The highest BCUT2D eigenvalue weighted by Crippen LogP contribution is 2.25. The quantitative estimate of drug-likeness (QED) is 0.901. The zero-order valence-electron chi connectivity index (χ0n) is 10.4. The van der Waals surface area contributed by atoms with E-state index in [1.807, 2.05) is 24.3 Å². The van der Waals surface area contributed by atoms with Gasteiger partial charge >= 0.3 is 0 Å². The summed E-state index contributed by atoms with van der Waals surface area (Å²) < 4.78 is 11.0. The number of nitrogens with zero attached hydrogens (tertiary/aromatic N) is 1. The van der Waals surface area contributed by atoms with Crippen LogP contribution in [0.4, 0.5) is 0 Å². The second-order valence-corrected chi connectivity index (χ2v) is 4.79. The van der Waals surface area contributed by atoms with Crippen molar-refractivity contribution in [1.29, 1.82) is 0 Å². The first-order valence-electron chi connectivity index (χ1n) is 6.21. The summed E-state index contributed by atoms with van der Waals surface area (Å²) in [6, 6.07) is 7.84. The van der Waals surface area contributed by atoms with Gasteiger partial charge in [-0.3, -0.25) is 4.90 Å². The Labute approximate surface area is 106 Å². The number of likely N-dealkylation sites (tertiary alicyclic amines) is 1. The molecule has 4 nitrogen and oxygen atoms in total. The lowest BCUT2D eigenvalue weighted by Gasteiger charge is -2.11. The van der Waals surface area contributed by atoms with Crippen LogP contribution in [0.15, 0.2) is 28.7 Å². The summed E-state index contributed by atoms with van der Waals surface area (Å²) in [5, 5.41) is 10.6. The van der Waals surface area contributed by atoms with E-state index in [2.05, 4.69) is 4.90 Å². The van der Waals surface area contributed by atoms with Crippen molar-refractivity contribution in [3.05, 3.63) is 30.0 Å². The third-order valence-corrected chi connectivity index (χ3v) is 3.40. The van der Waals surface area contributed by atoms with Gasteiger partial charge in [0.25, 0.3) is 0 Å². The van der Waals surface area contributed by atoms with Crippen LogP contribution in [0.5, 0.6) is 5.75 Å². The molecule has 1 saturated heterocycles. The number of rotatable bonds is 3. The second-order valence-electron chi connectivity index (χ2n) is 4.79. The third-order valence-electron chi connectivity index (χ3n) is 3.40. The third kappa shape index (κ3) is 2.21. The Kier molecular flexibility index (Phi) is 2.97. The molecule has 0 amide bonds. The number of benzene rings is 1. The summed E-state index contributed by atoms with van der Waals surface area (Å²) in [7, 11) is 1.66. The molecule has 1 fully saturated rings. The van der Waals surface area contributed by atoms with Crippen molar-refractivity contribution in [2.75, 3.05) is 20.2 Å². The second kappa shape index (κ2) is 4.63. The molecule has 0 bridgehead atoms. The zero-order valence-corrected chi connectivity index (χ0v) is 10.4. The number of hydrogen-bond acceptors (Lipinski definition) is 4. The van der Waals surface area contributed by atoms with Crippen molar-refractivity contribution in [3.63, 3.8) is 0 Å². The molecule has 0 unspecified atom stereocenters. The lowest BCUT2D eigenvalue weighted by Crippen LogP contribution is -2.21. The molecule has 1 N–H and O–H groups in total. The molecular weight excluding hydrogens is 230 g/mol. The average molecular weight is 247 g/mol. The standard InChI is InChI=1S/C14H17NO3/c1-17-12-2-3-14-10(6-12)7-13(18-14)9-15-5-4-11(16)8-15/h2-3,6-7,11,16H,4-5,8-9H2,1H3/t11-/m1/s1. The Bertz CT molecular complexity index is 549. The number of aliphatic hydroxyl groups is 1. The van der Waals surface area contributed by atoms with Crippen LogP contribution in [0.25, 0.3) is 11.0 Å². The van der Waals surface area contributed by atoms with Crippen LogP contribution in [0, 0.1) is 0 Å². The number of aliphatic hydroxyl groups excluding tert-OH is 1. The van der Waals surface area contributed by atoms with Crippen LogP contribution >= 0.6 is 0 Å². The van der Waals surface area contributed by atoms with Crippen molar-refractivity contribution in [1.82, 2.24) is 4.90 Å². The predicted molar refractivity (Wildman–Crippen MR) is 68.7 cm³/mol. The van der Waals surface area contributed by atoms with Gasteiger partial charge in [0.2, 0.25) is 0 Å². The van der Waals surface area contributed by atoms with E-state index in [0.29, 0.717) is 0 Å². The molecule has 96 valence electrons. The summed E-state index contributed by atoms with van der Waals surface area (Å²) in [6.07, 6.45) is 0.670. The summed E-state index contributed by atoms with van der Waals surface area (Å²) in [5.74, 6) is 1.78. The maximum atomic E-state index is 9.50. The van der Waals surface area contributed by atoms with Crippen LogP contribution in [-0.4, -0.2) is 36.3 Å². The van der Waals surface area contributed by atoms with Crippen molar-refractivity contribution in [3.8, 4) is 5.75 Å². The molecule has 1 aliphatic rings. The van der Waals surface area contributed by atoms with Gasteiger partial charge in [0, 0.05) is 18.5 Å². The van der Waals surface area contributed by atoms with E-state index in [4.69, 9.17) is 9.15 Å². The first-order chi connectivity index (χ1) is 8.74. The van der Waals surface area contributed by atoms with Gasteiger partial charge in [0.05, 0.1) is 19.8 Å². The van der Waals surface area contributed by atoms with Gasteiger partial charge in [0.1, 0.15) is 17.1 Å². The molecule has 1 atom stereocenters. The van der Waals surface area contributed by atoms with Gasteiger partial charge in [0.15, 0.2) is 0 Å². The van der Waals surface area contributed by atoms with Crippen LogP contribution in [0.3, 0.4) is 0 Å². The molecule has 0 spiro atoms. The predicted octanol–water partition coefficient (Wildman–Crippen LogP) is 2.01. The monoisotopic (exact) mass is 247 g/mol. The molecule has 2 heterocycles. The van der Waals surface area contributed by atoms with E-state index in [9.17, 15) is 5.11 Å². The van der Waals surface area contributed by atoms with E-state index < -0.39 is 0 Å². The molecule has 18 heavy (non-hydrogen) atoms. The van der Waals surface area contributed by atoms with Crippen molar-refractivity contribution in [2.45, 2.75) is 19.1 Å². The lowest BCUT2D eigenvalue weighted by molar-refractivity contribution is 0.172. The Morgan fingerprint density at radius 2 is 2.33 bits per heavy atom. The van der Waals surface area contributed by atoms with Gasteiger partial charge in [-0.1, -0.05) is 0 Å². The van der Waals surface area contributed by atoms with Crippen LogP contribution < -0.4 is 4.74 Å². The highest BCUT2D eigenvalue weighted by atomic mass is 16.5. The molecule has 1 aromatic heterocycles. The van der Waals surface area contributed by atoms with Crippen LogP contribution in [0.1, 0.15) is 12.2 Å². The number of ether oxygens (including phenoxy) is 1. The minimum atomic E-state index is -0.186. The molecular formula is C14H17NO3. The maximum Gasteiger partial charge on any atom is 0.134 e. The Hall–Kier alpha value is -1.52. The molecule has 0 radical (unpaired) electrons. The van der Waals surface area contributed by atoms with E-state index in [0.717, 1.165) is 48.5 Å². The van der Waals surface area contributed by atoms with Crippen molar-refractivity contribution in [2.24, 2.45) is 0 Å². The number of fused-ring (bicyclic) bond motifs is 1. The fourth-order valence-electron chi connectivity index (χ4n) is 2.46. The minimum absolute atomic E-state index is 0.186. The Morgan fingerprint density at radius 1 is 1.44 bits per heavy atom. The molecule has 1 aliphatic heterocycles. The summed E-state index contributed by atoms with van der Waals surface area (Å²) in [4.78, 5) is 2.21. The van der Waals surface area contributed by atoms with Crippen LogP contribution in [-0.2, 0) is 6.54 Å². The number of β-amino-alcohol motifs (C(OH)–C–C–N with tert-alkyl or cyclic N) is 1. The van der Waals surface area contributed by atoms with Gasteiger partial charge in [-0.05, 0) is 30.7 Å². The van der Waals surface area contributed by atoms with E-state index in [-0.39, 0.29) is 6.10 Å². The fourth-order valence-corrected chi connectivity index (χ4v) is 2.46. The first kappa shape index (κ1) is 11.6. The molecule has 0 saturated carbocycles. The fraction of sp³-hybridized carbons (Fsp3) is 0.429. The zero-order chi connectivity index (χ0) is 12.5. The molecule has 3 rings (SSSR count). The minimum Gasteiger partial charge on any atom is -0.497 e. The number of furan rings is 1. The SMILES string of the molecule is COc1ccc2oc(CN3CC[C@@H](O)C3)cc2c1. The van der Waals surface area contributed by atoms with E-state index in [1.54, 1.807) is 7.11 Å². The smallest absolute Gasteiger partial charge is 0.134 e. The lowest BCUT2D eigenvalue weighted by atomic mass is 10.2.